The first-order chi connectivity index (χ1) is 19.5. The van der Waals surface area contributed by atoms with Crippen molar-refractivity contribution >= 4 is 27.8 Å². The normalized spacial score (nSPS) is 11.2. The Kier molecular flexibility index (Phi) is 6.59. The molecule has 6 aromatic rings. The summed E-state index contributed by atoms with van der Waals surface area (Å²) in [5, 5.41) is 14.8. The molecule has 0 aliphatic heterocycles. The van der Waals surface area contributed by atoms with Crippen molar-refractivity contribution in [2.75, 3.05) is 0 Å². The second kappa shape index (κ2) is 10.5. The summed E-state index contributed by atoms with van der Waals surface area (Å²) in [4.78, 5) is 17.5. The Hall–Kier alpha value is -5.21. The van der Waals surface area contributed by atoms with E-state index in [2.05, 4.69) is 96.9 Å². The second-order valence-electron chi connectivity index (χ2n) is 10.2. The standard InChI is InChI=1S/C35H27N3O2/c1-22(2)31-18-24(20-36)19-32-33(31)40-35(38-32)28-16-14-27(15-17-28)34(39)37-21-23-10-12-26(13-11-23)30-9-5-7-25-6-3-4-8-29(25)30/h3-19,22H,21H2,1-2H3,(H,37,39). The minimum atomic E-state index is -0.150. The first-order valence-electron chi connectivity index (χ1n) is 13.3. The van der Waals surface area contributed by atoms with Crippen LogP contribution < -0.4 is 5.32 Å². The van der Waals surface area contributed by atoms with Gasteiger partial charge in [0.05, 0.1) is 11.6 Å². The number of fused-ring (bicyclic) bond motifs is 2. The van der Waals surface area contributed by atoms with Gasteiger partial charge in [0.25, 0.3) is 5.91 Å². The van der Waals surface area contributed by atoms with E-state index in [0.29, 0.717) is 34.7 Å². The van der Waals surface area contributed by atoms with Gasteiger partial charge >= 0.3 is 0 Å². The summed E-state index contributed by atoms with van der Waals surface area (Å²) in [5.74, 6) is 0.505. The van der Waals surface area contributed by atoms with Crippen LogP contribution in [-0.2, 0) is 6.54 Å². The number of amides is 1. The lowest BCUT2D eigenvalue weighted by atomic mass is 9.97. The molecule has 0 saturated heterocycles. The van der Waals surface area contributed by atoms with Gasteiger partial charge in [0.2, 0.25) is 5.89 Å². The quantitative estimate of drug-likeness (QED) is 0.239. The maximum Gasteiger partial charge on any atom is 0.251 e. The Morgan fingerprint density at radius 1 is 0.900 bits per heavy atom. The Morgan fingerprint density at radius 3 is 2.38 bits per heavy atom. The molecule has 0 spiro atoms. The Labute approximate surface area is 232 Å². The lowest BCUT2D eigenvalue weighted by Crippen LogP contribution is -2.22. The molecule has 6 rings (SSSR count). The number of nitrogens with zero attached hydrogens (tertiary/aromatic N) is 2. The Morgan fingerprint density at radius 2 is 1.62 bits per heavy atom. The third-order valence-corrected chi connectivity index (χ3v) is 7.17. The molecular formula is C35H27N3O2. The number of carbonyl (C=O) groups is 1. The van der Waals surface area contributed by atoms with E-state index < -0.39 is 0 Å². The summed E-state index contributed by atoms with van der Waals surface area (Å²) in [6, 6.07) is 36.0. The van der Waals surface area contributed by atoms with Crippen LogP contribution in [0, 0.1) is 11.3 Å². The van der Waals surface area contributed by atoms with Gasteiger partial charge in [-0.2, -0.15) is 5.26 Å². The van der Waals surface area contributed by atoms with Crippen LogP contribution in [-0.4, -0.2) is 10.9 Å². The van der Waals surface area contributed by atoms with Crippen molar-refractivity contribution in [3.05, 3.63) is 125 Å². The van der Waals surface area contributed by atoms with Gasteiger partial charge in [0, 0.05) is 23.2 Å². The summed E-state index contributed by atoms with van der Waals surface area (Å²) < 4.78 is 6.10. The zero-order chi connectivity index (χ0) is 27.6. The monoisotopic (exact) mass is 521 g/mol. The van der Waals surface area contributed by atoms with Crippen LogP contribution in [0.25, 0.3) is 44.5 Å². The van der Waals surface area contributed by atoms with Crippen LogP contribution in [0.1, 0.15) is 46.8 Å². The SMILES string of the molecule is CC(C)c1cc(C#N)cc2nc(-c3ccc(C(=O)NCc4ccc(-c5cccc6ccccc56)cc4)cc3)oc12. The minimum absolute atomic E-state index is 0.150. The lowest BCUT2D eigenvalue weighted by Gasteiger charge is -2.09. The smallest absolute Gasteiger partial charge is 0.251 e. The molecule has 0 radical (unpaired) electrons. The van der Waals surface area contributed by atoms with Crippen LogP contribution in [0.5, 0.6) is 0 Å². The van der Waals surface area contributed by atoms with Gasteiger partial charge in [-0.15, -0.1) is 0 Å². The minimum Gasteiger partial charge on any atom is -0.436 e. The molecule has 0 aliphatic carbocycles. The van der Waals surface area contributed by atoms with Crippen LogP contribution in [0.2, 0.25) is 0 Å². The van der Waals surface area contributed by atoms with Crippen molar-refractivity contribution < 1.29 is 9.21 Å². The number of aromatic nitrogens is 1. The highest BCUT2D eigenvalue weighted by Gasteiger charge is 2.16. The number of nitrogens with one attached hydrogen (secondary N) is 1. The summed E-state index contributed by atoms with van der Waals surface area (Å²) in [7, 11) is 0. The number of carbonyl (C=O) groups excluding carboxylic acids is 1. The van der Waals surface area contributed by atoms with E-state index in [1.807, 2.05) is 18.2 Å². The number of benzene rings is 5. The average Bonchev–Trinajstić information content (AvgIpc) is 3.43. The molecule has 5 nitrogen and oxygen atoms in total. The molecule has 5 heteroatoms. The zero-order valence-corrected chi connectivity index (χ0v) is 22.3. The number of hydrogen-bond acceptors (Lipinski definition) is 4. The van der Waals surface area contributed by atoms with E-state index >= 15 is 0 Å². The largest absolute Gasteiger partial charge is 0.436 e. The molecule has 194 valence electrons. The first-order valence-corrected chi connectivity index (χ1v) is 13.3. The van der Waals surface area contributed by atoms with Gasteiger partial charge < -0.3 is 9.73 Å². The molecule has 1 heterocycles. The average molecular weight is 522 g/mol. The van der Waals surface area contributed by atoms with E-state index in [1.54, 1.807) is 18.2 Å². The third kappa shape index (κ3) is 4.83. The number of rotatable bonds is 6. The van der Waals surface area contributed by atoms with Gasteiger partial charge in [-0.1, -0.05) is 80.6 Å². The van der Waals surface area contributed by atoms with Crippen molar-refractivity contribution in [2.24, 2.45) is 0 Å². The van der Waals surface area contributed by atoms with Crippen LogP contribution in [0.4, 0.5) is 0 Å². The zero-order valence-electron chi connectivity index (χ0n) is 22.3. The predicted molar refractivity (Wildman–Crippen MR) is 159 cm³/mol. The molecule has 1 aromatic heterocycles. The van der Waals surface area contributed by atoms with E-state index in [9.17, 15) is 10.1 Å². The molecule has 0 unspecified atom stereocenters. The van der Waals surface area contributed by atoms with E-state index in [1.165, 1.54) is 16.3 Å². The van der Waals surface area contributed by atoms with Crippen molar-refractivity contribution in [1.82, 2.24) is 10.3 Å². The van der Waals surface area contributed by atoms with Gasteiger partial charge in [-0.3, -0.25) is 4.79 Å². The van der Waals surface area contributed by atoms with Gasteiger partial charge in [0.1, 0.15) is 5.52 Å². The summed E-state index contributed by atoms with van der Waals surface area (Å²) in [6.07, 6.45) is 0. The third-order valence-electron chi connectivity index (χ3n) is 7.17. The number of oxazole rings is 1. The molecule has 0 fully saturated rings. The molecule has 0 saturated carbocycles. The Bertz CT molecular complexity index is 1890. The number of hydrogen-bond donors (Lipinski definition) is 1. The van der Waals surface area contributed by atoms with E-state index in [0.717, 1.165) is 22.3 Å². The second-order valence-corrected chi connectivity index (χ2v) is 10.2. The number of nitriles is 1. The highest BCUT2D eigenvalue weighted by molar-refractivity contribution is 5.97. The molecule has 0 atom stereocenters. The highest BCUT2D eigenvalue weighted by Crippen LogP contribution is 2.32. The molecule has 0 aliphatic rings. The van der Waals surface area contributed by atoms with Crippen LogP contribution in [0.3, 0.4) is 0 Å². The lowest BCUT2D eigenvalue weighted by molar-refractivity contribution is 0.0951. The topological polar surface area (TPSA) is 78.9 Å². The van der Waals surface area contributed by atoms with E-state index in [-0.39, 0.29) is 11.8 Å². The van der Waals surface area contributed by atoms with Crippen LogP contribution in [0.15, 0.2) is 108 Å². The predicted octanol–water partition coefficient (Wildman–Crippen LogP) is 8.24. The van der Waals surface area contributed by atoms with Crippen LogP contribution >= 0.6 is 0 Å². The van der Waals surface area contributed by atoms with E-state index in [4.69, 9.17) is 4.42 Å². The molecule has 1 N–H and O–H groups in total. The van der Waals surface area contributed by atoms with Gasteiger partial charge in [-0.05, 0) is 69.8 Å². The van der Waals surface area contributed by atoms with Crippen molar-refractivity contribution in [3.8, 4) is 28.7 Å². The first kappa shape index (κ1) is 25.1. The van der Waals surface area contributed by atoms with Gasteiger partial charge in [0.15, 0.2) is 5.58 Å². The summed E-state index contributed by atoms with van der Waals surface area (Å²) in [6.45, 7) is 4.55. The summed E-state index contributed by atoms with van der Waals surface area (Å²) >= 11 is 0. The fourth-order valence-corrected chi connectivity index (χ4v) is 5.00. The van der Waals surface area contributed by atoms with Gasteiger partial charge in [-0.25, -0.2) is 4.98 Å². The molecule has 0 bridgehead atoms. The molecule has 5 aromatic carbocycles. The Balaban J connectivity index is 1.15. The van der Waals surface area contributed by atoms with Crippen molar-refractivity contribution in [1.29, 1.82) is 5.26 Å². The fourth-order valence-electron chi connectivity index (χ4n) is 5.00. The van der Waals surface area contributed by atoms with Crippen molar-refractivity contribution in [2.45, 2.75) is 26.3 Å². The summed E-state index contributed by atoms with van der Waals surface area (Å²) in [5.41, 5.74) is 7.55. The fraction of sp³-hybridized carbons (Fsp3) is 0.114. The maximum absolute atomic E-state index is 12.9. The maximum atomic E-state index is 12.9. The highest BCUT2D eigenvalue weighted by atomic mass is 16.3. The molecular weight excluding hydrogens is 494 g/mol. The van der Waals surface area contributed by atoms with Crippen molar-refractivity contribution in [3.63, 3.8) is 0 Å². The molecule has 1 amide bonds. The molecule has 40 heavy (non-hydrogen) atoms.